The quantitative estimate of drug-likeness (QED) is 0.655. The van der Waals surface area contributed by atoms with E-state index in [1.54, 1.807) is 49.4 Å². The van der Waals surface area contributed by atoms with Gasteiger partial charge in [-0.2, -0.15) is 0 Å². The Hall–Kier alpha value is -2.28. The maximum Gasteiger partial charge on any atom is 0.356 e. The zero-order chi connectivity index (χ0) is 19.3. The van der Waals surface area contributed by atoms with Crippen LogP contribution in [-0.4, -0.2) is 27.7 Å². The van der Waals surface area contributed by atoms with Gasteiger partial charge in [-0.25, -0.2) is 0 Å². The Morgan fingerprint density at radius 1 is 1.15 bits per heavy atom. The van der Waals surface area contributed by atoms with Gasteiger partial charge in [0.15, 0.2) is 0 Å². The lowest BCUT2D eigenvalue weighted by Gasteiger charge is -2.23. The number of nitro groups is 1. The Labute approximate surface area is 155 Å². The van der Waals surface area contributed by atoms with Crippen LogP contribution in [0, 0.1) is 17.0 Å². The second kappa shape index (κ2) is 6.16. The van der Waals surface area contributed by atoms with Gasteiger partial charge in [0, 0.05) is 15.5 Å². The molecule has 1 fully saturated rings. The molecule has 0 aliphatic carbocycles. The van der Waals surface area contributed by atoms with Crippen LogP contribution in [0.1, 0.15) is 25.0 Å². The standard InChI is InChI=1S/C19H18ClNO5/c1-11-4-5-13(12-6-8-14(20)9-7-12)10-15(11)19(21(24)25)16(22)18(2,3)26-17(19)23/h4-10,17,23H,1-3H3. The zero-order valence-corrected chi connectivity index (χ0v) is 15.3. The van der Waals surface area contributed by atoms with Gasteiger partial charge in [-0.1, -0.05) is 35.9 Å². The van der Waals surface area contributed by atoms with Crippen molar-refractivity contribution in [2.45, 2.75) is 38.2 Å². The molecule has 0 amide bonds. The fourth-order valence-corrected chi connectivity index (χ4v) is 3.50. The van der Waals surface area contributed by atoms with Crippen molar-refractivity contribution in [3.63, 3.8) is 0 Å². The topological polar surface area (TPSA) is 89.7 Å². The fourth-order valence-electron chi connectivity index (χ4n) is 3.37. The van der Waals surface area contributed by atoms with Gasteiger partial charge in [-0.15, -0.1) is 0 Å². The summed E-state index contributed by atoms with van der Waals surface area (Å²) in [6.07, 6.45) is -1.88. The number of aliphatic hydroxyl groups excluding tert-OH is 1. The molecule has 1 saturated heterocycles. The number of ketones is 1. The first-order chi connectivity index (χ1) is 12.1. The predicted molar refractivity (Wildman–Crippen MR) is 96.5 cm³/mol. The molecule has 2 aromatic rings. The average Bonchev–Trinajstić information content (AvgIpc) is 2.75. The zero-order valence-electron chi connectivity index (χ0n) is 14.5. The van der Waals surface area contributed by atoms with Crippen LogP contribution in [0.15, 0.2) is 42.5 Å². The molecule has 1 aliphatic rings. The molecule has 3 rings (SSSR count). The number of benzene rings is 2. The summed E-state index contributed by atoms with van der Waals surface area (Å²) < 4.78 is 5.26. The minimum atomic E-state index is -2.37. The van der Waals surface area contributed by atoms with E-state index in [9.17, 15) is 20.0 Å². The number of halogens is 1. The van der Waals surface area contributed by atoms with E-state index < -0.39 is 28.1 Å². The molecule has 0 saturated carbocycles. The van der Waals surface area contributed by atoms with Crippen LogP contribution in [0.2, 0.25) is 5.02 Å². The number of aliphatic hydroxyl groups is 1. The molecular formula is C19H18ClNO5. The monoisotopic (exact) mass is 375 g/mol. The third-order valence-corrected chi connectivity index (χ3v) is 5.02. The Kier molecular flexibility index (Phi) is 4.38. The molecule has 0 spiro atoms. The van der Waals surface area contributed by atoms with Crippen molar-refractivity contribution in [2.75, 3.05) is 0 Å². The molecular weight excluding hydrogens is 358 g/mol. The summed E-state index contributed by atoms with van der Waals surface area (Å²) in [5.41, 5.74) is -1.72. The number of ether oxygens (including phenoxy) is 1. The second-order valence-electron chi connectivity index (χ2n) is 6.87. The van der Waals surface area contributed by atoms with Crippen molar-refractivity contribution < 1.29 is 19.6 Å². The van der Waals surface area contributed by atoms with E-state index in [-0.39, 0.29) is 5.56 Å². The molecule has 1 N–H and O–H groups in total. The predicted octanol–water partition coefficient (Wildman–Crippen LogP) is 3.48. The van der Waals surface area contributed by atoms with Crippen LogP contribution < -0.4 is 0 Å². The van der Waals surface area contributed by atoms with E-state index in [0.29, 0.717) is 16.1 Å². The number of aryl methyl sites for hydroxylation is 1. The number of carbonyl (C=O) groups is 1. The van der Waals surface area contributed by atoms with Crippen LogP contribution in [0.5, 0.6) is 0 Å². The van der Waals surface area contributed by atoms with Gasteiger partial charge in [0.1, 0.15) is 5.60 Å². The van der Waals surface area contributed by atoms with Gasteiger partial charge in [-0.3, -0.25) is 14.9 Å². The van der Waals surface area contributed by atoms with Crippen LogP contribution in [-0.2, 0) is 15.1 Å². The molecule has 26 heavy (non-hydrogen) atoms. The van der Waals surface area contributed by atoms with Gasteiger partial charge in [-0.05, 0) is 55.7 Å². The van der Waals surface area contributed by atoms with E-state index in [1.807, 2.05) is 0 Å². The summed E-state index contributed by atoms with van der Waals surface area (Å²) in [5, 5.41) is 23.0. The summed E-state index contributed by atoms with van der Waals surface area (Å²) >= 11 is 5.91. The Morgan fingerprint density at radius 3 is 2.23 bits per heavy atom. The molecule has 0 aromatic heterocycles. The molecule has 6 nitrogen and oxygen atoms in total. The summed E-state index contributed by atoms with van der Waals surface area (Å²) in [4.78, 5) is 24.2. The Balaban J connectivity index is 2.24. The molecule has 7 heteroatoms. The lowest BCUT2D eigenvalue weighted by atomic mass is 9.79. The fraction of sp³-hybridized carbons (Fsp3) is 0.316. The maximum atomic E-state index is 12.9. The summed E-state index contributed by atoms with van der Waals surface area (Å²) in [6, 6.07) is 12.0. The molecule has 2 aromatic carbocycles. The smallest absolute Gasteiger partial charge is 0.356 e. The molecule has 0 bridgehead atoms. The lowest BCUT2D eigenvalue weighted by Crippen LogP contribution is -2.50. The molecule has 1 heterocycles. The number of rotatable bonds is 3. The minimum Gasteiger partial charge on any atom is -0.362 e. The number of hydrogen-bond acceptors (Lipinski definition) is 5. The van der Waals surface area contributed by atoms with Crippen molar-refractivity contribution in [1.29, 1.82) is 0 Å². The average molecular weight is 376 g/mol. The summed E-state index contributed by atoms with van der Waals surface area (Å²) in [5.74, 6) is -0.779. The second-order valence-corrected chi connectivity index (χ2v) is 7.31. The first-order valence-corrected chi connectivity index (χ1v) is 8.41. The van der Waals surface area contributed by atoms with Crippen molar-refractivity contribution in [2.24, 2.45) is 0 Å². The number of Topliss-reactive ketones (excluding diaryl/α,β-unsaturated/α-hetero) is 1. The van der Waals surface area contributed by atoms with E-state index in [4.69, 9.17) is 16.3 Å². The maximum absolute atomic E-state index is 12.9. The summed E-state index contributed by atoms with van der Waals surface area (Å²) in [7, 11) is 0. The number of hydrogen-bond donors (Lipinski definition) is 1. The van der Waals surface area contributed by atoms with Crippen molar-refractivity contribution in [3.8, 4) is 11.1 Å². The lowest BCUT2D eigenvalue weighted by molar-refractivity contribution is -0.580. The van der Waals surface area contributed by atoms with Gasteiger partial charge < -0.3 is 9.84 Å². The largest absolute Gasteiger partial charge is 0.362 e. The van der Waals surface area contributed by atoms with E-state index in [0.717, 1.165) is 5.56 Å². The highest BCUT2D eigenvalue weighted by molar-refractivity contribution is 6.30. The molecule has 2 atom stereocenters. The number of carbonyl (C=O) groups excluding carboxylic acids is 1. The molecule has 2 unspecified atom stereocenters. The van der Waals surface area contributed by atoms with E-state index in [1.165, 1.54) is 13.8 Å². The van der Waals surface area contributed by atoms with Crippen LogP contribution in [0.4, 0.5) is 0 Å². The van der Waals surface area contributed by atoms with Crippen molar-refractivity contribution in [3.05, 3.63) is 68.7 Å². The third-order valence-electron chi connectivity index (χ3n) is 4.77. The third kappa shape index (κ3) is 2.61. The highest BCUT2D eigenvalue weighted by atomic mass is 35.5. The summed E-state index contributed by atoms with van der Waals surface area (Å²) in [6.45, 7) is 4.50. The van der Waals surface area contributed by atoms with E-state index in [2.05, 4.69) is 0 Å². The van der Waals surface area contributed by atoms with Crippen molar-refractivity contribution in [1.82, 2.24) is 0 Å². The van der Waals surface area contributed by atoms with Gasteiger partial charge >= 0.3 is 5.54 Å². The van der Waals surface area contributed by atoms with Crippen molar-refractivity contribution >= 4 is 17.4 Å². The highest BCUT2D eigenvalue weighted by Crippen LogP contribution is 2.45. The highest BCUT2D eigenvalue weighted by Gasteiger charge is 2.70. The first-order valence-electron chi connectivity index (χ1n) is 8.03. The first kappa shape index (κ1) is 18.5. The molecule has 0 radical (unpaired) electrons. The normalized spacial score (nSPS) is 24.7. The minimum absolute atomic E-state index is 0.123. The van der Waals surface area contributed by atoms with Gasteiger partial charge in [0.2, 0.25) is 6.29 Å². The van der Waals surface area contributed by atoms with Gasteiger partial charge in [0.25, 0.3) is 5.78 Å². The van der Waals surface area contributed by atoms with E-state index >= 15 is 0 Å². The Bertz CT molecular complexity index is 893. The number of nitrogens with zero attached hydrogens (tertiary/aromatic N) is 1. The van der Waals surface area contributed by atoms with Crippen LogP contribution in [0.3, 0.4) is 0 Å². The van der Waals surface area contributed by atoms with Crippen LogP contribution >= 0.6 is 11.6 Å². The SMILES string of the molecule is Cc1ccc(-c2ccc(Cl)cc2)cc1C1([N+](=O)[O-])C(=O)C(C)(C)OC1O. The van der Waals surface area contributed by atoms with Crippen LogP contribution in [0.25, 0.3) is 11.1 Å². The molecule has 136 valence electrons. The molecule has 1 aliphatic heterocycles. The van der Waals surface area contributed by atoms with Gasteiger partial charge in [0.05, 0.1) is 0 Å². The Morgan fingerprint density at radius 2 is 1.73 bits per heavy atom.